The van der Waals surface area contributed by atoms with Crippen LogP contribution in [0.4, 0.5) is 19.8 Å². The van der Waals surface area contributed by atoms with E-state index in [4.69, 9.17) is 24.7 Å². The smallest absolute Gasteiger partial charge is 0.420 e. The summed E-state index contributed by atoms with van der Waals surface area (Å²) < 4.78 is 37.0. The van der Waals surface area contributed by atoms with Gasteiger partial charge in [-0.2, -0.15) is 10.4 Å². The number of nitrogen functional groups attached to an aromatic ring is 1. The van der Waals surface area contributed by atoms with Crippen molar-refractivity contribution in [1.29, 1.82) is 5.26 Å². The number of ether oxygens (including phenoxy) is 4. The Kier molecular flexibility index (Phi) is 10.0. The maximum absolute atomic E-state index is 14.1. The van der Waals surface area contributed by atoms with Gasteiger partial charge in [0, 0.05) is 12.6 Å². The molecule has 2 heterocycles. The first kappa shape index (κ1) is 34.2. The largest absolute Gasteiger partial charge is 0.467 e. The van der Waals surface area contributed by atoms with Gasteiger partial charge in [-0.05, 0) is 66.7 Å². The second-order valence-corrected chi connectivity index (χ2v) is 11.9. The SMILES string of the molecule is COC(=O)c1ccc(F)cc1[C@@H](C)Oc1nc(-c2c(CN(C(=O)OC(C)(C)C)C(=O)OC(C)(C)C)nn(C)c2C#N)cnc1N. The molecule has 2 N–H and O–H groups in total. The van der Waals surface area contributed by atoms with Crippen molar-refractivity contribution in [2.24, 2.45) is 7.05 Å². The molecule has 0 aliphatic carbocycles. The number of esters is 1. The van der Waals surface area contributed by atoms with Crippen LogP contribution >= 0.6 is 0 Å². The molecule has 15 heteroatoms. The van der Waals surface area contributed by atoms with Crippen LogP contribution in [0.5, 0.6) is 5.88 Å². The number of nitriles is 1. The first-order chi connectivity index (χ1) is 20.8. The number of nitrogens with zero attached hydrogens (tertiary/aromatic N) is 6. The third-order valence-electron chi connectivity index (χ3n) is 5.93. The number of aromatic nitrogens is 4. The number of hydrogen-bond donors (Lipinski definition) is 1. The third-order valence-corrected chi connectivity index (χ3v) is 5.93. The first-order valence-corrected chi connectivity index (χ1v) is 13.7. The normalized spacial score (nSPS) is 12.1. The van der Waals surface area contributed by atoms with E-state index in [2.05, 4.69) is 15.1 Å². The summed E-state index contributed by atoms with van der Waals surface area (Å²) in [7, 11) is 2.69. The van der Waals surface area contributed by atoms with Crippen molar-refractivity contribution in [3.8, 4) is 23.2 Å². The zero-order chi connectivity index (χ0) is 33.9. The molecule has 0 spiro atoms. The van der Waals surface area contributed by atoms with Gasteiger partial charge in [0.25, 0.3) is 5.88 Å². The third kappa shape index (κ3) is 8.43. The molecule has 0 saturated carbocycles. The number of halogens is 1. The number of anilines is 1. The van der Waals surface area contributed by atoms with Crippen molar-refractivity contribution >= 4 is 24.0 Å². The summed E-state index contributed by atoms with van der Waals surface area (Å²) in [6.07, 6.45) is -1.68. The van der Waals surface area contributed by atoms with Crippen LogP contribution in [-0.4, -0.2) is 61.1 Å². The molecular weight excluding hydrogens is 589 g/mol. The van der Waals surface area contributed by atoms with Crippen LogP contribution < -0.4 is 10.5 Å². The van der Waals surface area contributed by atoms with Crippen LogP contribution in [0.25, 0.3) is 11.3 Å². The number of methoxy groups -OCH3 is 1. The summed E-state index contributed by atoms with van der Waals surface area (Å²) in [5, 5.41) is 14.4. The molecule has 0 fully saturated rings. The highest BCUT2D eigenvalue weighted by molar-refractivity contribution is 5.91. The Morgan fingerprint density at radius 2 is 1.71 bits per heavy atom. The molecule has 45 heavy (non-hydrogen) atoms. The minimum atomic E-state index is -0.996. The Balaban J connectivity index is 2.09. The van der Waals surface area contributed by atoms with Crippen molar-refractivity contribution in [3.63, 3.8) is 0 Å². The highest BCUT2D eigenvalue weighted by Crippen LogP contribution is 2.32. The van der Waals surface area contributed by atoms with Crippen molar-refractivity contribution in [3.05, 3.63) is 52.7 Å². The fraction of sp³-hybridized carbons (Fsp3) is 0.433. The van der Waals surface area contributed by atoms with Crippen LogP contribution in [0.3, 0.4) is 0 Å². The van der Waals surface area contributed by atoms with Gasteiger partial charge in [0.1, 0.15) is 34.9 Å². The first-order valence-electron chi connectivity index (χ1n) is 13.7. The minimum Gasteiger partial charge on any atom is -0.467 e. The average Bonchev–Trinajstić information content (AvgIpc) is 3.24. The highest BCUT2D eigenvalue weighted by atomic mass is 19.1. The molecule has 0 aliphatic rings. The van der Waals surface area contributed by atoms with E-state index in [0.717, 1.165) is 17.0 Å². The standard InChI is InChI=1S/C30H36FN7O7/c1-16(19-12-17(31)10-11-18(19)26(39)42-9)43-25-24(33)34-14-20(35-25)23-21(36-37(8)22(23)13-32)15-38(27(40)44-29(2,3)4)28(41)45-30(5,6)7/h10-12,14,16H,15H2,1-9H3,(H2,33,34)/t16-/m1/s1. The molecule has 0 bridgehead atoms. The number of benzene rings is 1. The summed E-state index contributed by atoms with van der Waals surface area (Å²) in [5.41, 5.74) is 4.71. The molecule has 0 radical (unpaired) electrons. The lowest BCUT2D eigenvalue weighted by Crippen LogP contribution is -2.43. The monoisotopic (exact) mass is 625 g/mol. The van der Waals surface area contributed by atoms with Crippen molar-refractivity contribution in [2.75, 3.05) is 12.8 Å². The number of rotatable bonds is 7. The topological polar surface area (TPSA) is 185 Å². The number of imide groups is 1. The fourth-order valence-electron chi connectivity index (χ4n) is 4.06. The Bertz CT molecular complexity index is 1620. The van der Waals surface area contributed by atoms with E-state index in [1.165, 1.54) is 31.1 Å². The molecule has 240 valence electrons. The quantitative estimate of drug-likeness (QED) is 0.272. The van der Waals surface area contributed by atoms with Gasteiger partial charge in [0.2, 0.25) is 0 Å². The number of carbonyl (C=O) groups excluding carboxylic acids is 3. The Morgan fingerprint density at radius 3 is 2.24 bits per heavy atom. The van der Waals surface area contributed by atoms with Gasteiger partial charge in [0.05, 0.1) is 42.4 Å². The Hall–Kier alpha value is -5.26. The zero-order valence-corrected chi connectivity index (χ0v) is 26.6. The number of aryl methyl sites for hydroxylation is 1. The van der Waals surface area contributed by atoms with Gasteiger partial charge >= 0.3 is 18.2 Å². The molecular formula is C30H36FN7O7. The van der Waals surface area contributed by atoms with E-state index in [0.29, 0.717) is 0 Å². The van der Waals surface area contributed by atoms with Gasteiger partial charge in [-0.3, -0.25) is 4.68 Å². The van der Waals surface area contributed by atoms with Gasteiger partial charge in [0.15, 0.2) is 5.82 Å². The number of hydrogen-bond acceptors (Lipinski definition) is 12. The van der Waals surface area contributed by atoms with Crippen LogP contribution in [0.1, 0.15) is 81.9 Å². The van der Waals surface area contributed by atoms with Crippen molar-refractivity contribution in [1.82, 2.24) is 24.6 Å². The van der Waals surface area contributed by atoms with Crippen LogP contribution in [0, 0.1) is 17.1 Å². The molecule has 2 amide bonds. The van der Waals surface area contributed by atoms with Crippen LogP contribution in [0.2, 0.25) is 0 Å². The molecule has 3 aromatic rings. The number of nitrogens with two attached hydrogens (primary N) is 1. The molecule has 0 unspecified atom stereocenters. The van der Waals surface area contributed by atoms with Crippen molar-refractivity contribution in [2.45, 2.75) is 72.3 Å². The number of amides is 2. The molecule has 0 saturated heterocycles. The molecule has 1 aromatic carbocycles. The Labute approximate surface area is 259 Å². The summed E-state index contributed by atoms with van der Waals surface area (Å²) in [6.45, 7) is 10.9. The van der Waals surface area contributed by atoms with E-state index >= 15 is 0 Å². The molecule has 0 aliphatic heterocycles. The van der Waals surface area contributed by atoms with Crippen LogP contribution in [0.15, 0.2) is 24.4 Å². The second kappa shape index (κ2) is 13.2. The molecule has 14 nitrogen and oxygen atoms in total. The lowest BCUT2D eigenvalue weighted by Gasteiger charge is -2.28. The predicted molar refractivity (Wildman–Crippen MR) is 158 cm³/mol. The minimum absolute atomic E-state index is 0.0227. The second-order valence-electron chi connectivity index (χ2n) is 11.9. The van der Waals surface area contributed by atoms with E-state index in [9.17, 15) is 24.0 Å². The molecule has 3 rings (SSSR count). The van der Waals surface area contributed by atoms with E-state index in [1.54, 1.807) is 48.5 Å². The number of carbonyl (C=O) groups is 3. The summed E-state index contributed by atoms with van der Waals surface area (Å²) >= 11 is 0. The lowest BCUT2D eigenvalue weighted by molar-refractivity contribution is -0.000514. The van der Waals surface area contributed by atoms with Crippen LogP contribution in [-0.2, 0) is 27.8 Å². The molecule has 1 atom stereocenters. The van der Waals surface area contributed by atoms with Crippen molar-refractivity contribution < 1.29 is 37.7 Å². The van der Waals surface area contributed by atoms with Gasteiger partial charge in [-0.1, -0.05) is 0 Å². The lowest BCUT2D eigenvalue weighted by atomic mass is 10.0. The van der Waals surface area contributed by atoms with E-state index in [-0.39, 0.29) is 45.5 Å². The molecule has 2 aromatic heterocycles. The summed E-state index contributed by atoms with van der Waals surface area (Å²) in [4.78, 5) is 47.9. The maximum atomic E-state index is 14.1. The zero-order valence-electron chi connectivity index (χ0n) is 26.6. The van der Waals surface area contributed by atoms with E-state index < -0.39 is 47.8 Å². The summed E-state index contributed by atoms with van der Waals surface area (Å²) in [5.74, 6) is -1.66. The summed E-state index contributed by atoms with van der Waals surface area (Å²) in [6, 6.07) is 5.55. The maximum Gasteiger partial charge on any atom is 0.420 e. The van der Waals surface area contributed by atoms with Gasteiger partial charge in [-0.15, -0.1) is 0 Å². The van der Waals surface area contributed by atoms with Gasteiger partial charge < -0.3 is 24.7 Å². The predicted octanol–water partition coefficient (Wildman–Crippen LogP) is 5.07. The van der Waals surface area contributed by atoms with Gasteiger partial charge in [-0.25, -0.2) is 33.6 Å². The fourth-order valence-corrected chi connectivity index (χ4v) is 4.06. The Morgan fingerprint density at radius 1 is 1.11 bits per heavy atom. The average molecular weight is 626 g/mol. The van der Waals surface area contributed by atoms with E-state index in [1.807, 2.05) is 6.07 Å². The highest BCUT2D eigenvalue weighted by Gasteiger charge is 2.34.